The lowest BCUT2D eigenvalue weighted by Gasteiger charge is -2.07. The maximum Gasteiger partial charge on any atom is 0.0890 e. The van der Waals surface area contributed by atoms with Crippen LogP contribution in [0.25, 0.3) is 11.0 Å². The summed E-state index contributed by atoms with van der Waals surface area (Å²) in [7, 11) is 0. The zero-order valence-electron chi connectivity index (χ0n) is 10.5. The fraction of sp³-hybridized carbons (Fsp3) is 0.429. The number of fused-ring (bicyclic) bond motifs is 1. The molecule has 0 aliphatic carbocycles. The van der Waals surface area contributed by atoms with Gasteiger partial charge in [-0.25, -0.2) is 0 Å². The summed E-state index contributed by atoms with van der Waals surface area (Å²) in [5.41, 5.74) is 3.19. The summed E-state index contributed by atoms with van der Waals surface area (Å²) in [5, 5.41) is 3.45. The third-order valence-corrected chi connectivity index (χ3v) is 2.76. The van der Waals surface area contributed by atoms with Crippen molar-refractivity contribution in [2.75, 3.05) is 6.54 Å². The molecule has 0 aliphatic rings. The molecule has 0 unspecified atom stereocenters. The minimum Gasteiger partial charge on any atom is -0.313 e. The van der Waals surface area contributed by atoms with Gasteiger partial charge >= 0.3 is 0 Å². The third-order valence-electron chi connectivity index (χ3n) is 2.76. The largest absolute Gasteiger partial charge is 0.313 e. The second kappa shape index (κ2) is 5.73. The Morgan fingerprint density at radius 3 is 2.65 bits per heavy atom. The Bertz CT molecular complexity index is 480. The molecule has 0 aliphatic heterocycles. The summed E-state index contributed by atoms with van der Waals surface area (Å²) in [6, 6.07) is 6.24. The van der Waals surface area contributed by atoms with E-state index in [0.29, 0.717) is 0 Å². The van der Waals surface area contributed by atoms with E-state index >= 15 is 0 Å². The first-order chi connectivity index (χ1) is 8.25. The topological polar surface area (TPSA) is 37.8 Å². The van der Waals surface area contributed by atoms with Crippen molar-refractivity contribution in [3.05, 3.63) is 36.2 Å². The fourth-order valence-electron chi connectivity index (χ4n) is 1.74. The van der Waals surface area contributed by atoms with E-state index in [4.69, 9.17) is 0 Å². The monoisotopic (exact) mass is 229 g/mol. The van der Waals surface area contributed by atoms with Crippen LogP contribution in [-0.4, -0.2) is 16.5 Å². The highest BCUT2D eigenvalue weighted by Crippen LogP contribution is 2.10. The molecule has 1 aromatic heterocycles. The number of nitrogens with one attached hydrogen (secondary N) is 1. The summed E-state index contributed by atoms with van der Waals surface area (Å²) in [5.74, 6) is 0.755. The van der Waals surface area contributed by atoms with Crippen molar-refractivity contribution in [3.8, 4) is 0 Å². The summed E-state index contributed by atoms with van der Waals surface area (Å²) in [6.45, 7) is 6.45. The van der Waals surface area contributed by atoms with Crippen LogP contribution in [0.1, 0.15) is 25.8 Å². The van der Waals surface area contributed by atoms with Gasteiger partial charge in [-0.3, -0.25) is 9.97 Å². The lowest BCUT2D eigenvalue weighted by Crippen LogP contribution is -2.16. The molecule has 90 valence electrons. The molecular formula is C14H19N3. The van der Waals surface area contributed by atoms with Gasteiger partial charge in [0.25, 0.3) is 0 Å². The molecule has 0 fully saturated rings. The fourth-order valence-corrected chi connectivity index (χ4v) is 1.74. The second-order valence-electron chi connectivity index (χ2n) is 4.74. The molecule has 0 saturated carbocycles. The molecule has 3 heteroatoms. The summed E-state index contributed by atoms with van der Waals surface area (Å²) in [4.78, 5) is 8.57. The van der Waals surface area contributed by atoms with Crippen LogP contribution in [-0.2, 0) is 6.54 Å². The van der Waals surface area contributed by atoms with Crippen molar-refractivity contribution in [1.29, 1.82) is 0 Å². The highest BCUT2D eigenvalue weighted by atomic mass is 14.8. The van der Waals surface area contributed by atoms with E-state index in [-0.39, 0.29) is 0 Å². The van der Waals surface area contributed by atoms with Crippen LogP contribution in [0, 0.1) is 5.92 Å². The predicted octanol–water partition coefficient (Wildman–Crippen LogP) is 2.77. The maximum atomic E-state index is 4.31. The van der Waals surface area contributed by atoms with Gasteiger partial charge in [-0.05, 0) is 36.6 Å². The molecule has 0 spiro atoms. The third kappa shape index (κ3) is 3.49. The van der Waals surface area contributed by atoms with E-state index in [1.807, 2.05) is 6.07 Å². The minimum atomic E-state index is 0.755. The number of aromatic nitrogens is 2. The molecule has 1 N–H and O–H groups in total. The molecule has 0 saturated heterocycles. The number of benzene rings is 1. The standard InChI is InChI=1S/C14H19N3/c1-11(2)5-6-15-10-12-3-4-13-14(9-12)17-8-7-16-13/h3-4,7-9,11,15H,5-6,10H2,1-2H3. The van der Waals surface area contributed by atoms with Gasteiger partial charge in [0.15, 0.2) is 0 Å². The summed E-state index contributed by atoms with van der Waals surface area (Å²) < 4.78 is 0. The summed E-state index contributed by atoms with van der Waals surface area (Å²) >= 11 is 0. The molecule has 2 rings (SSSR count). The molecule has 0 radical (unpaired) electrons. The van der Waals surface area contributed by atoms with Gasteiger partial charge in [-0.2, -0.15) is 0 Å². The zero-order chi connectivity index (χ0) is 12.1. The van der Waals surface area contributed by atoms with Crippen molar-refractivity contribution < 1.29 is 0 Å². The van der Waals surface area contributed by atoms with Crippen molar-refractivity contribution in [2.24, 2.45) is 5.92 Å². The smallest absolute Gasteiger partial charge is 0.0890 e. The average molecular weight is 229 g/mol. The van der Waals surface area contributed by atoms with Gasteiger partial charge in [-0.15, -0.1) is 0 Å². The van der Waals surface area contributed by atoms with Crippen LogP contribution in [0.3, 0.4) is 0 Å². The Balaban J connectivity index is 1.95. The van der Waals surface area contributed by atoms with E-state index in [1.54, 1.807) is 12.4 Å². The van der Waals surface area contributed by atoms with E-state index in [2.05, 4.69) is 41.3 Å². The highest BCUT2D eigenvalue weighted by Gasteiger charge is 1.98. The number of hydrogen-bond acceptors (Lipinski definition) is 3. The lowest BCUT2D eigenvalue weighted by atomic mass is 10.1. The van der Waals surface area contributed by atoms with E-state index in [9.17, 15) is 0 Å². The molecule has 0 atom stereocenters. The van der Waals surface area contributed by atoms with Crippen LogP contribution in [0.5, 0.6) is 0 Å². The Morgan fingerprint density at radius 1 is 1.12 bits per heavy atom. The molecule has 1 aromatic carbocycles. The molecule has 0 bridgehead atoms. The molecule has 1 heterocycles. The van der Waals surface area contributed by atoms with Crippen LogP contribution < -0.4 is 5.32 Å². The quantitative estimate of drug-likeness (QED) is 0.801. The van der Waals surface area contributed by atoms with Gasteiger partial charge in [0.05, 0.1) is 11.0 Å². The van der Waals surface area contributed by atoms with Gasteiger partial charge < -0.3 is 5.32 Å². The number of nitrogens with zero attached hydrogens (tertiary/aromatic N) is 2. The highest BCUT2D eigenvalue weighted by molar-refractivity contribution is 5.74. The SMILES string of the molecule is CC(C)CCNCc1ccc2nccnc2c1. The van der Waals surface area contributed by atoms with Crippen LogP contribution in [0.2, 0.25) is 0 Å². The number of rotatable bonds is 5. The van der Waals surface area contributed by atoms with Crippen LogP contribution in [0.4, 0.5) is 0 Å². The van der Waals surface area contributed by atoms with Gasteiger partial charge in [0.1, 0.15) is 0 Å². The Morgan fingerprint density at radius 2 is 1.88 bits per heavy atom. The van der Waals surface area contributed by atoms with Crippen LogP contribution in [0.15, 0.2) is 30.6 Å². The van der Waals surface area contributed by atoms with Crippen molar-refractivity contribution >= 4 is 11.0 Å². The summed E-state index contributed by atoms with van der Waals surface area (Å²) in [6.07, 6.45) is 4.68. The molecule has 0 amide bonds. The molecule has 2 aromatic rings. The van der Waals surface area contributed by atoms with E-state index in [1.165, 1.54) is 12.0 Å². The first-order valence-electron chi connectivity index (χ1n) is 6.16. The second-order valence-corrected chi connectivity index (χ2v) is 4.74. The Kier molecular flexibility index (Phi) is 4.04. The Hall–Kier alpha value is -1.48. The molecule has 17 heavy (non-hydrogen) atoms. The van der Waals surface area contributed by atoms with Gasteiger partial charge in [-0.1, -0.05) is 19.9 Å². The molecular weight excluding hydrogens is 210 g/mol. The number of hydrogen-bond donors (Lipinski definition) is 1. The van der Waals surface area contributed by atoms with Gasteiger partial charge in [0.2, 0.25) is 0 Å². The van der Waals surface area contributed by atoms with Crippen molar-refractivity contribution in [2.45, 2.75) is 26.8 Å². The van der Waals surface area contributed by atoms with E-state index < -0.39 is 0 Å². The minimum absolute atomic E-state index is 0.755. The van der Waals surface area contributed by atoms with Crippen molar-refractivity contribution in [3.63, 3.8) is 0 Å². The lowest BCUT2D eigenvalue weighted by molar-refractivity contribution is 0.537. The first kappa shape index (κ1) is 12.0. The Labute approximate surface area is 102 Å². The van der Waals surface area contributed by atoms with Crippen molar-refractivity contribution in [1.82, 2.24) is 15.3 Å². The first-order valence-corrected chi connectivity index (χ1v) is 6.16. The van der Waals surface area contributed by atoms with Crippen LogP contribution >= 0.6 is 0 Å². The maximum absolute atomic E-state index is 4.31. The zero-order valence-corrected chi connectivity index (χ0v) is 10.5. The molecule has 3 nitrogen and oxygen atoms in total. The average Bonchev–Trinajstić information content (AvgIpc) is 2.34. The predicted molar refractivity (Wildman–Crippen MR) is 70.7 cm³/mol. The normalized spacial score (nSPS) is 11.2. The van der Waals surface area contributed by atoms with Gasteiger partial charge in [0, 0.05) is 18.9 Å². The van der Waals surface area contributed by atoms with E-state index in [0.717, 1.165) is 30.0 Å².